The van der Waals surface area contributed by atoms with Crippen LogP contribution in [-0.4, -0.2) is 36.1 Å². The number of hydrogen-bond acceptors (Lipinski definition) is 5. The van der Waals surface area contributed by atoms with Crippen LogP contribution in [0.3, 0.4) is 0 Å². The third-order valence-electron chi connectivity index (χ3n) is 6.15. The predicted octanol–water partition coefficient (Wildman–Crippen LogP) is 7.05. The van der Waals surface area contributed by atoms with E-state index in [4.69, 9.17) is 25.5 Å². The van der Waals surface area contributed by atoms with Gasteiger partial charge in [-0.3, -0.25) is 0 Å². The Kier molecular flexibility index (Phi) is 6.51. The van der Waals surface area contributed by atoms with E-state index < -0.39 is 0 Å². The maximum Gasteiger partial charge on any atom is 0.227 e. The molecule has 5 rings (SSSR count). The predicted molar refractivity (Wildman–Crippen MR) is 131 cm³/mol. The van der Waals surface area contributed by atoms with Gasteiger partial charge in [-0.15, -0.1) is 0 Å². The number of aromatic nitrogens is 1. The highest BCUT2D eigenvalue weighted by molar-refractivity contribution is 6.30. The minimum atomic E-state index is 0.576. The highest BCUT2D eigenvalue weighted by Crippen LogP contribution is 2.30. The molecule has 0 atom stereocenters. The molecule has 1 saturated heterocycles. The maximum absolute atomic E-state index is 6.05. The monoisotopic (exact) mass is 462 g/mol. The molecule has 0 spiro atoms. The van der Waals surface area contributed by atoms with E-state index in [1.165, 1.54) is 25.9 Å². The third-order valence-corrected chi connectivity index (χ3v) is 6.40. The first kappa shape index (κ1) is 21.8. The van der Waals surface area contributed by atoms with Gasteiger partial charge in [-0.25, -0.2) is 4.98 Å². The molecule has 0 N–H and O–H groups in total. The van der Waals surface area contributed by atoms with Crippen molar-refractivity contribution in [2.24, 2.45) is 5.92 Å². The van der Waals surface area contributed by atoms with Gasteiger partial charge < -0.3 is 18.8 Å². The van der Waals surface area contributed by atoms with Crippen molar-refractivity contribution in [3.05, 3.63) is 71.8 Å². The second-order valence-electron chi connectivity index (χ2n) is 8.42. The lowest BCUT2D eigenvalue weighted by Gasteiger charge is -2.30. The summed E-state index contributed by atoms with van der Waals surface area (Å²) in [6.45, 7) is 6.49. The first-order valence-corrected chi connectivity index (χ1v) is 11.8. The SMILES string of the molecule is CCN1CCC(COc2ccc(-c3nc4ccc(Oc5ccc(Cl)cc5)cc4o3)cc2)CC1. The fourth-order valence-corrected chi connectivity index (χ4v) is 4.23. The number of rotatable bonds is 7. The Balaban J connectivity index is 1.23. The molecule has 0 radical (unpaired) electrons. The highest BCUT2D eigenvalue weighted by atomic mass is 35.5. The van der Waals surface area contributed by atoms with E-state index in [9.17, 15) is 0 Å². The fourth-order valence-electron chi connectivity index (χ4n) is 4.11. The summed E-state index contributed by atoms with van der Waals surface area (Å²) in [7, 11) is 0. The molecule has 0 bridgehead atoms. The van der Waals surface area contributed by atoms with Gasteiger partial charge in [0.05, 0.1) is 6.61 Å². The van der Waals surface area contributed by atoms with Crippen molar-refractivity contribution in [3.63, 3.8) is 0 Å². The van der Waals surface area contributed by atoms with Crippen molar-refractivity contribution < 1.29 is 13.9 Å². The highest BCUT2D eigenvalue weighted by Gasteiger charge is 2.18. The molecule has 0 saturated carbocycles. The minimum Gasteiger partial charge on any atom is -0.493 e. The summed E-state index contributed by atoms with van der Waals surface area (Å²) >= 11 is 5.94. The Hall–Kier alpha value is -3.02. The molecule has 3 aromatic carbocycles. The Morgan fingerprint density at radius 2 is 1.64 bits per heavy atom. The largest absolute Gasteiger partial charge is 0.493 e. The average Bonchev–Trinajstić information content (AvgIpc) is 3.28. The van der Waals surface area contributed by atoms with Crippen LogP contribution in [0, 0.1) is 5.92 Å². The van der Waals surface area contributed by atoms with Crippen LogP contribution in [0.25, 0.3) is 22.6 Å². The average molecular weight is 463 g/mol. The lowest BCUT2D eigenvalue weighted by atomic mass is 9.98. The molecular formula is C27H27ClN2O3. The molecule has 33 heavy (non-hydrogen) atoms. The van der Waals surface area contributed by atoms with Gasteiger partial charge >= 0.3 is 0 Å². The van der Waals surface area contributed by atoms with E-state index in [2.05, 4.69) is 16.8 Å². The van der Waals surface area contributed by atoms with Crippen LogP contribution in [0.2, 0.25) is 5.02 Å². The van der Waals surface area contributed by atoms with E-state index in [1.54, 1.807) is 12.1 Å². The Labute approximate surface area is 198 Å². The number of hydrogen-bond donors (Lipinski definition) is 0. The Bertz CT molecular complexity index is 1200. The topological polar surface area (TPSA) is 47.7 Å². The van der Waals surface area contributed by atoms with E-state index in [-0.39, 0.29) is 0 Å². The zero-order valence-corrected chi connectivity index (χ0v) is 19.4. The standard InChI is InChI=1S/C27H27ClN2O3/c1-2-30-15-13-19(14-16-30)18-31-22-7-3-20(4-8-22)27-29-25-12-11-24(17-26(25)33-27)32-23-9-5-21(28)6-10-23/h3-12,17,19H,2,13-16,18H2,1H3. The van der Waals surface area contributed by atoms with Crippen molar-refractivity contribution in [2.45, 2.75) is 19.8 Å². The number of fused-ring (bicyclic) bond motifs is 1. The zero-order chi connectivity index (χ0) is 22.6. The molecule has 6 heteroatoms. The van der Waals surface area contributed by atoms with Crippen LogP contribution < -0.4 is 9.47 Å². The molecule has 1 aromatic heterocycles. The summed E-state index contributed by atoms with van der Waals surface area (Å²) in [6.07, 6.45) is 2.41. The molecule has 170 valence electrons. The van der Waals surface area contributed by atoms with Gasteiger partial charge in [0, 0.05) is 16.7 Å². The summed E-state index contributed by atoms with van der Waals surface area (Å²) in [5.74, 6) is 3.48. The molecule has 1 aliphatic rings. The van der Waals surface area contributed by atoms with Crippen LogP contribution in [0.1, 0.15) is 19.8 Å². The van der Waals surface area contributed by atoms with Crippen molar-refractivity contribution in [3.8, 4) is 28.7 Å². The molecule has 2 heterocycles. The molecule has 5 nitrogen and oxygen atoms in total. The molecule has 0 amide bonds. The van der Waals surface area contributed by atoms with Crippen molar-refractivity contribution in [2.75, 3.05) is 26.2 Å². The Morgan fingerprint density at radius 3 is 2.36 bits per heavy atom. The molecular weight excluding hydrogens is 436 g/mol. The summed E-state index contributed by atoms with van der Waals surface area (Å²) in [5, 5.41) is 0.673. The smallest absolute Gasteiger partial charge is 0.227 e. The van der Waals surface area contributed by atoms with Gasteiger partial charge in [0.2, 0.25) is 5.89 Å². The normalized spacial score (nSPS) is 15.1. The summed E-state index contributed by atoms with van der Waals surface area (Å²) in [5.41, 5.74) is 2.37. The number of halogens is 1. The van der Waals surface area contributed by atoms with Crippen molar-refractivity contribution >= 4 is 22.7 Å². The number of nitrogens with zero attached hydrogens (tertiary/aromatic N) is 2. The second kappa shape index (κ2) is 9.86. The summed E-state index contributed by atoms with van der Waals surface area (Å²) in [6, 6.07) is 20.8. The molecule has 4 aromatic rings. The van der Waals surface area contributed by atoms with Gasteiger partial charge in [-0.05, 0) is 99.1 Å². The lowest BCUT2D eigenvalue weighted by molar-refractivity contribution is 0.146. The van der Waals surface area contributed by atoms with Gasteiger partial charge in [-0.2, -0.15) is 0 Å². The van der Waals surface area contributed by atoms with E-state index >= 15 is 0 Å². The molecule has 0 unspecified atom stereocenters. The quantitative estimate of drug-likeness (QED) is 0.294. The van der Waals surface area contributed by atoms with Gasteiger partial charge in [0.25, 0.3) is 0 Å². The molecule has 1 fully saturated rings. The van der Waals surface area contributed by atoms with Crippen LogP contribution >= 0.6 is 11.6 Å². The fraction of sp³-hybridized carbons (Fsp3) is 0.296. The van der Waals surface area contributed by atoms with E-state index in [0.717, 1.165) is 30.0 Å². The number of likely N-dealkylation sites (tertiary alicyclic amines) is 1. The molecule has 1 aliphatic heterocycles. The zero-order valence-electron chi connectivity index (χ0n) is 18.7. The number of oxazole rings is 1. The number of benzene rings is 3. The number of ether oxygens (including phenoxy) is 2. The van der Waals surface area contributed by atoms with Gasteiger partial charge in [0.1, 0.15) is 22.8 Å². The lowest BCUT2D eigenvalue weighted by Crippen LogP contribution is -2.35. The first-order chi connectivity index (χ1) is 16.2. The summed E-state index contributed by atoms with van der Waals surface area (Å²) in [4.78, 5) is 7.12. The Morgan fingerprint density at radius 1 is 0.939 bits per heavy atom. The van der Waals surface area contributed by atoms with Crippen molar-refractivity contribution in [1.29, 1.82) is 0 Å². The number of piperidine rings is 1. The molecule has 0 aliphatic carbocycles. The van der Waals surface area contributed by atoms with Gasteiger partial charge in [0.15, 0.2) is 5.58 Å². The van der Waals surface area contributed by atoms with Crippen LogP contribution in [0.5, 0.6) is 17.2 Å². The third kappa shape index (κ3) is 5.32. The van der Waals surface area contributed by atoms with E-state index in [0.29, 0.717) is 33.9 Å². The second-order valence-corrected chi connectivity index (χ2v) is 8.85. The van der Waals surface area contributed by atoms with Crippen molar-refractivity contribution in [1.82, 2.24) is 9.88 Å². The van der Waals surface area contributed by atoms with E-state index in [1.807, 2.05) is 54.6 Å². The van der Waals surface area contributed by atoms with Crippen LogP contribution in [0.4, 0.5) is 0 Å². The van der Waals surface area contributed by atoms with Gasteiger partial charge in [-0.1, -0.05) is 18.5 Å². The van der Waals surface area contributed by atoms with Crippen LogP contribution in [0.15, 0.2) is 71.1 Å². The summed E-state index contributed by atoms with van der Waals surface area (Å²) < 4.78 is 18.0. The maximum atomic E-state index is 6.05. The first-order valence-electron chi connectivity index (χ1n) is 11.5. The minimum absolute atomic E-state index is 0.576. The van der Waals surface area contributed by atoms with Crippen LogP contribution in [-0.2, 0) is 0 Å².